The first-order valence-electron chi connectivity index (χ1n) is 8.04. The van der Waals surface area contributed by atoms with E-state index in [4.69, 9.17) is 0 Å². The van der Waals surface area contributed by atoms with Crippen molar-refractivity contribution in [2.45, 2.75) is 9.54 Å². The second-order valence-electron chi connectivity index (χ2n) is 6.31. The van der Waals surface area contributed by atoms with E-state index < -0.39 is 0 Å². The minimum absolute atomic E-state index is 0. The van der Waals surface area contributed by atoms with Crippen LogP contribution in [0.25, 0.3) is 17.2 Å². The van der Waals surface area contributed by atoms with Gasteiger partial charge in [-0.15, -0.1) is 0 Å². The number of fused-ring (bicyclic) bond motifs is 4. The molecule has 26 heavy (non-hydrogen) atoms. The monoisotopic (exact) mass is 426 g/mol. The Morgan fingerprint density at radius 2 is 1.04 bits per heavy atom. The molecule has 0 fully saturated rings. The van der Waals surface area contributed by atoms with Gasteiger partial charge in [0.25, 0.3) is 0 Å². The molecule has 128 valence electrons. The van der Waals surface area contributed by atoms with Crippen molar-refractivity contribution in [3.63, 3.8) is 0 Å². The van der Waals surface area contributed by atoms with E-state index in [0.29, 0.717) is 9.54 Å². The number of rotatable bonds is 1. The molecule has 3 aromatic carbocycles. The quantitative estimate of drug-likeness (QED) is 0.378. The molecule has 5 rings (SSSR count). The number of hydrogen-bond donors (Lipinski definition) is 0. The number of hydrogen-bond acceptors (Lipinski definition) is 0. The molecule has 0 amide bonds. The van der Waals surface area contributed by atoms with Crippen LogP contribution < -0.4 is 14.1 Å². The van der Waals surface area contributed by atoms with Crippen LogP contribution in [0.4, 0.5) is 0 Å². The van der Waals surface area contributed by atoms with Crippen molar-refractivity contribution in [2.75, 3.05) is 0 Å². The summed E-state index contributed by atoms with van der Waals surface area (Å²) in [4.78, 5) is 0. The van der Waals surface area contributed by atoms with Gasteiger partial charge in [-0.25, -0.2) is 0 Å². The Morgan fingerprint density at radius 3 is 1.58 bits per heavy atom. The maximum atomic E-state index is 2.44. The molecule has 0 saturated heterocycles. The molecule has 1 atom stereocenters. The van der Waals surface area contributed by atoms with Gasteiger partial charge in [0.1, 0.15) is 0 Å². The van der Waals surface area contributed by atoms with Crippen LogP contribution in [0.2, 0.25) is 0 Å². The van der Waals surface area contributed by atoms with Gasteiger partial charge in [-0.2, -0.15) is 0 Å². The predicted molar refractivity (Wildman–Crippen MR) is 90.9 cm³/mol. The summed E-state index contributed by atoms with van der Waals surface area (Å²) in [5, 5.41) is 0. The summed E-state index contributed by atoms with van der Waals surface area (Å²) in [7, 11) is 0. The molecular formula is C22H15F3Zr. The number of halogens is 3. The summed E-state index contributed by atoms with van der Waals surface area (Å²) in [6.45, 7) is 0. The third-order valence-corrected chi connectivity index (χ3v) is 6.71. The van der Waals surface area contributed by atoms with Crippen LogP contribution in [-0.2, 0) is 24.7 Å². The second-order valence-corrected chi connectivity index (χ2v) is 7.73. The summed E-state index contributed by atoms with van der Waals surface area (Å²) in [5.74, 6) is 0.416. The standard InChI is InChI=1S/C22H15.3FH.Zr/c1-2-8-16-14-17(13-15(16)7-1)22-20-11-5-3-9-18(20)19-10-4-6-12-21(19)22;;;;/h1-14,22H;3*1H;/q;;;;+3/p-3. The zero-order valence-corrected chi connectivity index (χ0v) is 16.3. The Labute approximate surface area is 165 Å². The Balaban J connectivity index is 0.000000810. The number of benzene rings is 3. The second kappa shape index (κ2) is 7.76. The van der Waals surface area contributed by atoms with Gasteiger partial charge in [0.05, 0.1) is 0 Å². The third-order valence-electron chi connectivity index (χ3n) is 5.13. The van der Waals surface area contributed by atoms with Crippen LogP contribution in [0, 0.1) is 0 Å². The topological polar surface area (TPSA) is 0 Å². The fourth-order valence-electron chi connectivity index (χ4n) is 4.11. The first-order valence-corrected chi connectivity index (χ1v) is 9.46. The maximum absolute atomic E-state index is 2.44. The Morgan fingerprint density at radius 1 is 0.577 bits per heavy atom. The van der Waals surface area contributed by atoms with Crippen molar-refractivity contribution in [3.05, 3.63) is 101 Å². The molecule has 0 aromatic heterocycles. The van der Waals surface area contributed by atoms with E-state index in [2.05, 4.69) is 78.9 Å². The van der Waals surface area contributed by atoms with E-state index in [-0.39, 0.29) is 14.1 Å². The fraction of sp³-hybridized carbons (Fsp3) is 0.0909. The van der Waals surface area contributed by atoms with Crippen molar-refractivity contribution in [1.29, 1.82) is 0 Å². The summed E-state index contributed by atoms with van der Waals surface area (Å²) in [5.41, 5.74) is 10.2. The van der Waals surface area contributed by atoms with Crippen LogP contribution in [0.3, 0.4) is 0 Å². The molecular weight excluding hydrogens is 412 g/mol. The Hall–Kier alpha value is -1.93. The predicted octanol–water partition coefficient (Wildman–Crippen LogP) is -3.50. The molecule has 2 aliphatic carbocycles. The molecule has 0 spiro atoms. The van der Waals surface area contributed by atoms with Gasteiger partial charge in [-0.05, 0) is 0 Å². The first kappa shape index (κ1) is 20.4. The van der Waals surface area contributed by atoms with E-state index in [9.17, 15) is 0 Å². The summed E-state index contributed by atoms with van der Waals surface area (Å²) >= 11 is 1.58. The van der Waals surface area contributed by atoms with Gasteiger partial charge in [0.2, 0.25) is 0 Å². The van der Waals surface area contributed by atoms with Crippen molar-refractivity contribution in [1.82, 2.24) is 0 Å². The van der Waals surface area contributed by atoms with E-state index >= 15 is 0 Å². The molecule has 0 heterocycles. The molecule has 4 heteroatoms. The average molecular weight is 428 g/mol. The van der Waals surface area contributed by atoms with E-state index in [1.807, 2.05) is 0 Å². The summed E-state index contributed by atoms with van der Waals surface area (Å²) in [6, 6.07) is 26.7. The van der Waals surface area contributed by atoms with Crippen LogP contribution in [0.1, 0.15) is 31.8 Å². The van der Waals surface area contributed by atoms with Gasteiger partial charge >= 0.3 is 152 Å². The molecule has 0 saturated carbocycles. The molecule has 0 aliphatic heterocycles. The van der Waals surface area contributed by atoms with Crippen molar-refractivity contribution in [2.24, 2.45) is 0 Å². The van der Waals surface area contributed by atoms with Gasteiger partial charge in [-0.1, -0.05) is 0 Å². The van der Waals surface area contributed by atoms with Crippen molar-refractivity contribution in [3.8, 4) is 11.1 Å². The fourth-order valence-corrected chi connectivity index (χ4v) is 5.37. The molecule has 0 radical (unpaired) electrons. The average Bonchev–Trinajstić information content (AvgIpc) is 3.11. The van der Waals surface area contributed by atoms with Gasteiger partial charge in [0.15, 0.2) is 0 Å². The van der Waals surface area contributed by atoms with Crippen molar-refractivity contribution < 1.29 is 38.8 Å². The van der Waals surface area contributed by atoms with Crippen LogP contribution >= 0.6 is 0 Å². The minimum atomic E-state index is 0. The molecule has 0 nitrogen and oxygen atoms in total. The normalized spacial score (nSPS) is 16.2. The summed E-state index contributed by atoms with van der Waals surface area (Å²) in [6.07, 6.45) is 2.44. The van der Waals surface area contributed by atoms with Gasteiger partial charge in [0, 0.05) is 0 Å². The zero-order chi connectivity index (χ0) is 15.4. The summed E-state index contributed by atoms with van der Waals surface area (Å²) < 4.78 is 0.572. The molecule has 1 unspecified atom stereocenters. The number of allylic oxidation sites excluding steroid dienone is 1. The third kappa shape index (κ3) is 2.81. The van der Waals surface area contributed by atoms with E-state index in [0.717, 1.165) is 0 Å². The molecule has 0 N–H and O–H groups in total. The van der Waals surface area contributed by atoms with Crippen LogP contribution in [0.15, 0.2) is 78.4 Å². The molecule has 3 aromatic rings. The Kier molecular flexibility index (Phi) is 6.08. The van der Waals surface area contributed by atoms with E-state index in [1.54, 1.807) is 30.3 Å². The molecule has 2 aliphatic rings. The van der Waals surface area contributed by atoms with Gasteiger partial charge < -0.3 is 14.1 Å². The van der Waals surface area contributed by atoms with Crippen LogP contribution in [-0.4, -0.2) is 0 Å². The first-order chi connectivity index (χ1) is 11.3. The Bertz CT molecular complexity index is 919. The molecule has 0 bridgehead atoms. The SMILES string of the molecule is [F-].[F-].[F-].[Zr+3][CH]1C(C2c3ccccc3-c3ccccc32)=Cc2ccccc21. The zero-order valence-electron chi connectivity index (χ0n) is 13.8. The van der Waals surface area contributed by atoms with E-state index in [1.165, 1.54) is 33.4 Å². The van der Waals surface area contributed by atoms with Crippen LogP contribution in [0.5, 0.6) is 0 Å². The van der Waals surface area contributed by atoms with Gasteiger partial charge in [-0.3, -0.25) is 0 Å². The van der Waals surface area contributed by atoms with Crippen molar-refractivity contribution >= 4 is 6.08 Å².